The number of anilines is 2. The zero-order valence-corrected chi connectivity index (χ0v) is 12.2. The van der Waals surface area contributed by atoms with E-state index in [-0.39, 0.29) is 0 Å². The first-order valence-electron chi connectivity index (χ1n) is 6.41. The Morgan fingerprint density at radius 3 is 2.81 bits per heavy atom. The molecule has 3 rings (SSSR count). The van der Waals surface area contributed by atoms with Gasteiger partial charge in [0.2, 0.25) is 5.95 Å². The monoisotopic (exact) mass is 298 g/mol. The number of nitrogens with zero attached hydrogens (tertiary/aromatic N) is 2. The van der Waals surface area contributed by atoms with Gasteiger partial charge in [-0.1, -0.05) is 18.2 Å². The number of benzene rings is 1. The summed E-state index contributed by atoms with van der Waals surface area (Å²) in [7, 11) is 1.62. The highest BCUT2D eigenvalue weighted by Crippen LogP contribution is 2.23. The summed E-state index contributed by atoms with van der Waals surface area (Å²) in [6, 6.07) is 13.5. The van der Waals surface area contributed by atoms with E-state index >= 15 is 0 Å². The first-order valence-corrected chi connectivity index (χ1v) is 6.82. The zero-order chi connectivity index (χ0) is 14.7. The molecule has 0 amide bonds. The number of methoxy groups -OCH3 is 1. The maximum atomic E-state index is 5.32. The molecule has 106 valence electrons. The van der Waals surface area contributed by atoms with Gasteiger partial charge in [0.1, 0.15) is 5.75 Å². The number of fused-ring (bicyclic) bond motifs is 1. The number of pyridine rings is 1. The van der Waals surface area contributed by atoms with Gasteiger partial charge in [-0.15, -0.1) is 0 Å². The maximum Gasteiger partial charge on any atom is 0.213 e. The van der Waals surface area contributed by atoms with Gasteiger partial charge >= 0.3 is 0 Å². The quantitative estimate of drug-likeness (QED) is 0.728. The summed E-state index contributed by atoms with van der Waals surface area (Å²) in [6.45, 7) is 0. The number of hydrogen-bond acceptors (Lipinski definition) is 3. The smallest absolute Gasteiger partial charge is 0.213 e. The van der Waals surface area contributed by atoms with E-state index in [1.54, 1.807) is 13.3 Å². The van der Waals surface area contributed by atoms with Crippen molar-refractivity contribution in [2.24, 2.45) is 0 Å². The summed E-state index contributed by atoms with van der Waals surface area (Å²) < 4.78 is 7.21. The van der Waals surface area contributed by atoms with E-state index in [0.29, 0.717) is 11.1 Å². The van der Waals surface area contributed by atoms with Crippen molar-refractivity contribution in [1.82, 2.24) is 9.38 Å². The van der Waals surface area contributed by atoms with E-state index in [1.165, 1.54) is 0 Å². The number of thiocarbonyl (C=S) groups is 1. The van der Waals surface area contributed by atoms with Crippen molar-refractivity contribution in [3.63, 3.8) is 0 Å². The van der Waals surface area contributed by atoms with Gasteiger partial charge in [-0.3, -0.25) is 4.40 Å². The van der Waals surface area contributed by atoms with Crippen LogP contribution in [0, 0.1) is 0 Å². The average molecular weight is 298 g/mol. The Balaban J connectivity index is 1.77. The molecule has 0 saturated heterocycles. The van der Waals surface area contributed by atoms with Gasteiger partial charge in [-0.2, -0.15) is 0 Å². The summed E-state index contributed by atoms with van der Waals surface area (Å²) >= 11 is 5.32. The highest BCUT2D eigenvalue weighted by atomic mass is 32.1. The molecule has 3 aromatic rings. The van der Waals surface area contributed by atoms with Gasteiger partial charge in [0.25, 0.3) is 0 Å². The third kappa shape index (κ3) is 2.80. The number of rotatable bonds is 3. The van der Waals surface area contributed by atoms with Crippen molar-refractivity contribution in [3.8, 4) is 5.75 Å². The number of imidazole rings is 1. The van der Waals surface area contributed by atoms with Gasteiger partial charge in [0.05, 0.1) is 24.5 Å². The lowest BCUT2D eigenvalue weighted by atomic mass is 10.3. The molecule has 0 saturated carbocycles. The van der Waals surface area contributed by atoms with Crippen molar-refractivity contribution in [1.29, 1.82) is 0 Å². The molecule has 0 atom stereocenters. The molecule has 0 unspecified atom stereocenters. The highest BCUT2D eigenvalue weighted by Gasteiger charge is 2.07. The minimum absolute atomic E-state index is 0.454. The Bertz CT molecular complexity index is 784. The molecule has 2 aromatic heterocycles. The van der Waals surface area contributed by atoms with Crippen LogP contribution in [-0.2, 0) is 0 Å². The minimum Gasteiger partial charge on any atom is -0.495 e. The number of aromatic nitrogens is 2. The number of nitrogens with one attached hydrogen (secondary N) is 2. The number of ether oxygens (including phenoxy) is 1. The van der Waals surface area contributed by atoms with Gasteiger partial charge < -0.3 is 15.4 Å². The molecular weight excluding hydrogens is 284 g/mol. The largest absolute Gasteiger partial charge is 0.495 e. The highest BCUT2D eigenvalue weighted by molar-refractivity contribution is 7.80. The van der Waals surface area contributed by atoms with E-state index in [1.807, 2.05) is 53.1 Å². The van der Waals surface area contributed by atoms with Crippen molar-refractivity contribution >= 4 is 34.5 Å². The van der Waals surface area contributed by atoms with E-state index in [2.05, 4.69) is 15.6 Å². The maximum absolute atomic E-state index is 5.32. The molecule has 21 heavy (non-hydrogen) atoms. The molecule has 0 aliphatic carbocycles. The molecule has 5 nitrogen and oxygen atoms in total. The third-order valence-corrected chi connectivity index (χ3v) is 3.22. The van der Waals surface area contributed by atoms with Gasteiger partial charge in [-0.05, 0) is 36.5 Å². The first kappa shape index (κ1) is 13.4. The van der Waals surface area contributed by atoms with E-state index in [4.69, 9.17) is 17.0 Å². The van der Waals surface area contributed by atoms with Crippen molar-refractivity contribution < 1.29 is 4.74 Å². The summed E-state index contributed by atoms with van der Waals surface area (Å²) in [6.07, 6.45) is 3.71. The molecule has 2 heterocycles. The second-order valence-electron chi connectivity index (χ2n) is 4.36. The molecule has 0 fully saturated rings. The summed E-state index contributed by atoms with van der Waals surface area (Å²) in [5.41, 5.74) is 1.80. The Morgan fingerprint density at radius 1 is 1.14 bits per heavy atom. The van der Waals surface area contributed by atoms with Crippen LogP contribution in [0.2, 0.25) is 0 Å². The zero-order valence-electron chi connectivity index (χ0n) is 11.4. The summed E-state index contributed by atoms with van der Waals surface area (Å²) in [4.78, 5) is 4.31. The van der Waals surface area contributed by atoms with E-state index in [0.717, 1.165) is 17.0 Å². The molecule has 6 heteroatoms. The molecular formula is C15H14N4OS. The minimum atomic E-state index is 0.454. The van der Waals surface area contributed by atoms with Crippen LogP contribution in [0.1, 0.15) is 0 Å². The fourth-order valence-electron chi connectivity index (χ4n) is 2.04. The molecule has 0 aliphatic heterocycles. The fraction of sp³-hybridized carbons (Fsp3) is 0.0667. The average Bonchev–Trinajstić information content (AvgIpc) is 2.91. The third-order valence-electron chi connectivity index (χ3n) is 3.02. The predicted molar refractivity (Wildman–Crippen MR) is 88.0 cm³/mol. The molecule has 2 N–H and O–H groups in total. The Hall–Kier alpha value is -2.60. The molecule has 0 spiro atoms. The lowest BCUT2D eigenvalue weighted by Gasteiger charge is -2.12. The van der Waals surface area contributed by atoms with Crippen LogP contribution in [-0.4, -0.2) is 21.6 Å². The molecule has 1 aromatic carbocycles. The molecule has 0 aliphatic rings. The van der Waals surface area contributed by atoms with Gasteiger partial charge in [-0.25, -0.2) is 4.98 Å². The van der Waals surface area contributed by atoms with Crippen LogP contribution in [0.5, 0.6) is 5.75 Å². The second kappa shape index (κ2) is 5.80. The Labute approximate surface area is 127 Å². The van der Waals surface area contributed by atoms with Gasteiger partial charge in [0, 0.05) is 6.20 Å². The van der Waals surface area contributed by atoms with Crippen LogP contribution in [0.3, 0.4) is 0 Å². The predicted octanol–water partition coefficient (Wildman–Crippen LogP) is 3.15. The van der Waals surface area contributed by atoms with Crippen molar-refractivity contribution in [2.75, 3.05) is 17.7 Å². The number of hydrogen-bond donors (Lipinski definition) is 2. The van der Waals surface area contributed by atoms with E-state index in [9.17, 15) is 0 Å². The second-order valence-corrected chi connectivity index (χ2v) is 4.76. The SMILES string of the molecule is COc1ccccc1NC(=S)Nc1ncc2ccccn12. The Kier molecular flexibility index (Phi) is 3.70. The van der Waals surface area contributed by atoms with E-state index < -0.39 is 0 Å². The van der Waals surface area contributed by atoms with Crippen LogP contribution in [0.4, 0.5) is 11.6 Å². The van der Waals surface area contributed by atoms with Crippen LogP contribution < -0.4 is 15.4 Å². The van der Waals surface area contributed by atoms with Crippen LogP contribution in [0.25, 0.3) is 5.52 Å². The van der Waals surface area contributed by atoms with Crippen molar-refractivity contribution in [2.45, 2.75) is 0 Å². The lowest BCUT2D eigenvalue weighted by Crippen LogP contribution is -2.20. The van der Waals surface area contributed by atoms with Crippen LogP contribution >= 0.6 is 12.2 Å². The fourth-order valence-corrected chi connectivity index (χ4v) is 2.24. The molecule has 0 radical (unpaired) electrons. The summed E-state index contributed by atoms with van der Waals surface area (Å²) in [5.74, 6) is 1.40. The Morgan fingerprint density at radius 2 is 1.95 bits per heavy atom. The normalized spacial score (nSPS) is 10.3. The number of para-hydroxylation sites is 2. The first-order chi connectivity index (χ1) is 10.3. The van der Waals surface area contributed by atoms with Gasteiger partial charge in [0.15, 0.2) is 5.11 Å². The lowest BCUT2D eigenvalue weighted by molar-refractivity contribution is 0.417. The van der Waals surface area contributed by atoms with Crippen molar-refractivity contribution in [3.05, 3.63) is 54.9 Å². The topological polar surface area (TPSA) is 50.6 Å². The van der Waals surface area contributed by atoms with Crippen LogP contribution in [0.15, 0.2) is 54.9 Å². The summed E-state index contributed by atoms with van der Waals surface area (Å²) in [5, 5.41) is 6.64. The standard InChI is InChI=1S/C15H14N4OS/c1-20-13-8-3-2-7-12(13)17-15(21)18-14-16-10-11-6-4-5-9-19(11)14/h2-10H,1H3,(H2,16,17,18,21). The molecule has 0 bridgehead atoms.